The number of hydrogen-bond donors (Lipinski definition) is 0. The molecule has 1 aromatic heterocycles. The molecule has 3 heteroatoms. The van der Waals surface area contributed by atoms with Crippen molar-refractivity contribution in [2.75, 3.05) is 0 Å². The van der Waals surface area contributed by atoms with Crippen LogP contribution in [-0.4, -0.2) is 5.78 Å². The normalized spacial score (nSPS) is 10.4. The van der Waals surface area contributed by atoms with Gasteiger partial charge in [-0.2, -0.15) is 0 Å². The maximum Gasteiger partial charge on any atom is 0.170 e. The molecule has 0 aliphatic heterocycles. The van der Waals surface area contributed by atoms with Gasteiger partial charge in [0.25, 0.3) is 0 Å². The largest absolute Gasteiger partial charge is 0.469 e. The van der Waals surface area contributed by atoms with Crippen LogP contribution >= 0.6 is 11.6 Å². The molecule has 0 amide bonds. The maximum atomic E-state index is 11.9. The average molecular weight is 235 g/mol. The van der Waals surface area contributed by atoms with E-state index in [9.17, 15) is 4.79 Å². The fraction of sp³-hybridized carbons (Fsp3) is 0.154. The van der Waals surface area contributed by atoms with Gasteiger partial charge in [0, 0.05) is 10.6 Å². The summed E-state index contributed by atoms with van der Waals surface area (Å²) < 4.78 is 5.13. The summed E-state index contributed by atoms with van der Waals surface area (Å²) in [5.41, 5.74) is 1.57. The highest BCUT2D eigenvalue weighted by molar-refractivity contribution is 6.31. The van der Waals surface area contributed by atoms with Crippen LogP contribution in [0, 0.1) is 6.92 Å². The van der Waals surface area contributed by atoms with E-state index in [0.717, 1.165) is 5.56 Å². The summed E-state index contributed by atoms with van der Waals surface area (Å²) in [7, 11) is 0. The summed E-state index contributed by atoms with van der Waals surface area (Å²) in [6.45, 7) is 1.88. The first-order valence-electron chi connectivity index (χ1n) is 4.98. The van der Waals surface area contributed by atoms with Crippen LogP contribution in [0.1, 0.15) is 21.7 Å². The molecule has 0 aliphatic rings. The molecule has 82 valence electrons. The third kappa shape index (κ3) is 2.34. The van der Waals surface area contributed by atoms with Gasteiger partial charge in [-0.1, -0.05) is 11.6 Å². The van der Waals surface area contributed by atoms with Crippen LogP contribution in [0.4, 0.5) is 0 Å². The number of Topliss-reactive ketones (excluding diaryl/α,β-unsaturated/α-hetero) is 1. The first-order chi connectivity index (χ1) is 7.66. The average Bonchev–Trinajstić information content (AvgIpc) is 2.74. The Balaban J connectivity index is 2.18. The molecule has 0 atom stereocenters. The Morgan fingerprint density at radius 1 is 1.38 bits per heavy atom. The van der Waals surface area contributed by atoms with Gasteiger partial charge in [-0.15, -0.1) is 0 Å². The monoisotopic (exact) mass is 234 g/mol. The number of hydrogen-bond acceptors (Lipinski definition) is 2. The SMILES string of the molecule is Cc1cc(C(=O)Cc2ccco2)ccc1Cl. The van der Waals surface area contributed by atoms with E-state index in [1.165, 1.54) is 0 Å². The number of carbonyl (C=O) groups excluding carboxylic acids is 1. The summed E-state index contributed by atoms with van der Waals surface area (Å²) in [6, 6.07) is 8.84. The van der Waals surface area contributed by atoms with Gasteiger partial charge >= 0.3 is 0 Å². The van der Waals surface area contributed by atoms with Crippen LogP contribution in [0.2, 0.25) is 5.02 Å². The standard InChI is InChI=1S/C13H11ClO2/c1-9-7-10(4-5-12(9)14)13(15)8-11-3-2-6-16-11/h2-7H,8H2,1H3. The van der Waals surface area contributed by atoms with E-state index in [-0.39, 0.29) is 12.2 Å². The first-order valence-corrected chi connectivity index (χ1v) is 5.36. The summed E-state index contributed by atoms with van der Waals surface area (Å²) in [4.78, 5) is 11.9. The number of rotatable bonds is 3. The summed E-state index contributed by atoms with van der Waals surface area (Å²) in [5, 5.41) is 0.676. The van der Waals surface area contributed by atoms with Crippen LogP contribution in [0.25, 0.3) is 0 Å². The first kappa shape index (κ1) is 11.0. The van der Waals surface area contributed by atoms with Crippen LogP contribution in [0.15, 0.2) is 41.0 Å². The zero-order chi connectivity index (χ0) is 11.5. The summed E-state index contributed by atoms with van der Waals surface area (Å²) in [5.74, 6) is 0.715. The Hall–Kier alpha value is -1.54. The molecule has 2 nitrogen and oxygen atoms in total. The quantitative estimate of drug-likeness (QED) is 0.759. The van der Waals surface area contributed by atoms with Gasteiger partial charge in [0.05, 0.1) is 12.7 Å². The maximum absolute atomic E-state index is 11.9. The van der Waals surface area contributed by atoms with E-state index < -0.39 is 0 Å². The predicted octanol–water partition coefficient (Wildman–Crippen LogP) is 3.67. The number of furan rings is 1. The van der Waals surface area contributed by atoms with E-state index in [1.807, 2.05) is 6.92 Å². The highest BCUT2D eigenvalue weighted by Crippen LogP contribution is 2.17. The van der Waals surface area contributed by atoms with Gasteiger partial charge in [0.15, 0.2) is 5.78 Å². The molecule has 0 unspecified atom stereocenters. The highest BCUT2D eigenvalue weighted by atomic mass is 35.5. The molecule has 2 aromatic rings. The molecule has 0 bridgehead atoms. The Bertz CT molecular complexity index is 501. The predicted molar refractivity (Wildman–Crippen MR) is 62.9 cm³/mol. The van der Waals surface area contributed by atoms with Crippen molar-refractivity contribution in [2.24, 2.45) is 0 Å². The lowest BCUT2D eigenvalue weighted by Gasteiger charge is -2.02. The number of carbonyl (C=O) groups is 1. The van der Waals surface area contributed by atoms with Crippen LogP contribution in [0.5, 0.6) is 0 Å². The molecular weight excluding hydrogens is 224 g/mol. The molecular formula is C13H11ClO2. The van der Waals surface area contributed by atoms with Gasteiger partial charge in [-0.25, -0.2) is 0 Å². The zero-order valence-corrected chi connectivity index (χ0v) is 9.62. The van der Waals surface area contributed by atoms with E-state index in [4.69, 9.17) is 16.0 Å². The lowest BCUT2D eigenvalue weighted by atomic mass is 10.0. The fourth-order valence-corrected chi connectivity index (χ4v) is 1.61. The second kappa shape index (κ2) is 4.54. The lowest BCUT2D eigenvalue weighted by Crippen LogP contribution is -2.02. The number of halogens is 1. The molecule has 0 saturated heterocycles. The molecule has 2 rings (SSSR count). The van der Waals surface area contributed by atoms with Gasteiger partial charge in [0.1, 0.15) is 5.76 Å². The van der Waals surface area contributed by atoms with Crippen molar-refractivity contribution >= 4 is 17.4 Å². The number of ketones is 1. The molecule has 1 aromatic carbocycles. The Labute approximate surface area is 98.8 Å². The van der Waals surface area contributed by atoms with Crippen LogP contribution < -0.4 is 0 Å². The van der Waals surface area contributed by atoms with Crippen molar-refractivity contribution in [2.45, 2.75) is 13.3 Å². The van der Waals surface area contributed by atoms with Gasteiger partial charge in [-0.05, 0) is 42.8 Å². The number of benzene rings is 1. The van der Waals surface area contributed by atoms with Crippen molar-refractivity contribution < 1.29 is 9.21 Å². The van der Waals surface area contributed by atoms with E-state index in [2.05, 4.69) is 0 Å². The molecule has 16 heavy (non-hydrogen) atoms. The zero-order valence-electron chi connectivity index (χ0n) is 8.87. The van der Waals surface area contributed by atoms with Crippen LogP contribution in [-0.2, 0) is 6.42 Å². The molecule has 0 aliphatic carbocycles. The Morgan fingerprint density at radius 3 is 2.81 bits per heavy atom. The van der Waals surface area contributed by atoms with Gasteiger partial charge in [0.2, 0.25) is 0 Å². The molecule has 1 heterocycles. The minimum atomic E-state index is 0.0368. The molecule has 0 N–H and O–H groups in total. The third-order valence-corrected chi connectivity index (χ3v) is 2.82. The molecule has 0 fully saturated rings. The number of aryl methyl sites for hydroxylation is 1. The van der Waals surface area contributed by atoms with E-state index in [0.29, 0.717) is 16.3 Å². The van der Waals surface area contributed by atoms with Crippen molar-refractivity contribution in [1.29, 1.82) is 0 Å². The second-order valence-corrected chi connectivity index (χ2v) is 4.05. The summed E-state index contributed by atoms with van der Waals surface area (Å²) >= 11 is 5.90. The topological polar surface area (TPSA) is 30.2 Å². The van der Waals surface area contributed by atoms with Crippen molar-refractivity contribution in [3.8, 4) is 0 Å². The minimum Gasteiger partial charge on any atom is -0.469 e. The highest BCUT2D eigenvalue weighted by Gasteiger charge is 2.09. The second-order valence-electron chi connectivity index (χ2n) is 3.64. The molecule has 0 spiro atoms. The van der Waals surface area contributed by atoms with E-state index >= 15 is 0 Å². The summed E-state index contributed by atoms with van der Waals surface area (Å²) in [6.07, 6.45) is 1.85. The van der Waals surface area contributed by atoms with Crippen molar-refractivity contribution in [3.05, 3.63) is 58.5 Å². The smallest absolute Gasteiger partial charge is 0.170 e. The van der Waals surface area contributed by atoms with Crippen LogP contribution in [0.3, 0.4) is 0 Å². The van der Waals surface area contributed by atoms with Gasteiger partial charge < -0.3 is 4.42 Å². The minimum absolute atomic E-state index is 0.0368. The van der Waals surface area contributed by atoms with E-state index in [1.54, 1.807) is 36.6 Å². The van der Waals surface area contributed by atoms with Crippen molar-refractivity contribution in [1.82, 2.24) is 0 Å². The lowest BCUT2D eigenvalue weighted by molar-refractivity contribution is 0.0987. The third-order valence-electron chi connectivity index (χ3n) is 2.39. The Morgan fingerprint density at radius 2 is 2.19 bits per heavy atom. The van der Waals surface area contributed by atoms with Crippen molar-refractivity contribution in [3.63, 3.8) is 0 Å². The molecule has 0 saturated carbocycles. The molecule has 0 radical (unpaired) electrons. The van der Waals surface area contributed by atoms with Gasteiger partial charge in [-0.3, -0.25) is 4.79 Å². The fourth-order valence-electron chi connectivity index (χ4n) is 1.49. The Kier molecular flexibility index (Phi) is 3.11.